The Morgan fingerprint density at radius 1 is 0.500 bits per heavy atom. The Balaban J connectivity index is 1.68. The molecule has 3 aromatic carbocycles. The molecular formula is C36H48. The first kappa shape index (κ1) is 26.7. The standard InChI is InChI=1S/C36H48/c1-4-6-8-10-12-17-25-36(26-18-13-11-9-7-5-2)34-27-29(3)21-23-32(34)33-24-22-31(28-35(33)36)30-19-15-14-16-20-30/h14-16,19-24,27-28H,4-13,17-18,25-26H2,1-3H3. The summed E-state index contributed by atoms with van der Waals surface area (Å²) < 4.78 is 0. The second kappa shape index (κ2) is 13.3. The molecule has 0 bridgehead atoms. The summed E-state index contributed by atoms with van der Waals surface area (Å²) in [5, 5.41) is 0. The SMILES string of the molecule is CCCCCCCCC1(CCCCCCCC)c2cc(C)ccc2-c2ccc(-c3ccccc3)cc21. The summed E-state index contributed by atoms with van der Waals surface area (Å²) in [6.45, 7) is 6.90. The summed E-state index contributed by atoms with van der Waals surface area (Å²) in [6.07, 6.45) is 19.0. The molecule has 0 heteroatoms. The third-order valence-corrected chi connectivity index (χ3v) is 8.54. The highest BCUT2D eigenvalue weighted by atomic mass is 14.4. The zero-order valence-electron chi connectivity index (χ0n) is 23.3. The van der Waals surface area contributed by atoms with E-state index in [9.17, 15) is 0 Å². The molecule has 1 aliphatic rings. The summed E-state index contributed by atoms with van der Waals surface area (Å²) in [5.41, 5.74) is 10.5. The lowest BCUT2D eigenvalue weighted by Crippen LogP contribution is -2.25. The van der Waals surface area contributed by atoms with Gasteiger partial charge in [-0.05, 0) is 59.2 Å². The van der Waals surface area contributed by atoms with Gasteiger partial charge in [-0.1, -0.05) is 157 Å². The number of hydrogen-bond acceptors (Lipinski definition) is 0. The minimum Gasteiger partial charge on any atom is -0.0654 e. The number of aryl methyl sites for hydroxylation is 1. The van der Waals surface area contributed by atoms with E-state index < -0.39 is 0 Å². The van der Waals surface area contributed by atoms with Crippen LogP contribution in [0.3, 0.4) is 0 Å². The topological polar surface area (TPSA) is 0 Å². The summed E-state index contributed by atoms with van der Waals surface area (Å²) in [5.74, 6) is 0. The van der Waals surface area contributed by atoms with Crippen molar-refractivity contribution in [3.05, 3.63) is 83.4 Å². The van der Waals surface area contributed by atoms with Crippen LogP contribution in [0.1, 0.15) is 120 Å². The number of fused-ring (bicyclic) bond motifs is 3. The molecular weight excluding hydrogens is 432 g/mol. The molecule has 1 aliphatic carbocycles. The van der Waals surface area contributed by atoms with Gasteiger partial charge in [0.1, 0.15) is 0 Å². The smallest absolute Gasteiger partial charge is 0.0215 e. The first-order chi connectivity index (χ1) is 17.7. The molecule has 0 unspecified atom stereocenters. The van der Waals surface area contributed by atoms with Gasteiger partial charge in [0.05, 0.1) is 0 Å². The molecule has 0 saturated heterocycles. The molecule has 0 aliphatic heterocycles. The highest BCUT2D eigenvalue weighted by molar-refractivity contribution is 5.84. The molecule has 4 rings (SSSR count). The maximum atomic E-state index is 2.56. The van der Waals surface area contributed by atoms with Gasteiger partial charge in [-0.15, -0.1) is 0 Å². The van der Waals surface area contributed by atoms with Gasteiger partial charge in [-0.25, -0.2) is 0 Å². The van der Waals surface area contributed by atoms with Crippen molar-refractivity contribution in [1.82, 2.24) is 0 Å². The second-order valence-corrected chi connectivity index (χ2v) is 11.3. The van der Waals surface area contributed by atoms with Crippen LogP contribution >= 0.6 is 0 Å². The van der Waals surface area contributed by atoms with Crippen LogP contribution in [0, 0.1) is 6.92 Å². The summed E-state index contributed by atoms with van der Waals surface area (Å²) in [4.78, 5) is 0. The van der Waals surface area contributed by atoms with Crippen LogP contribution in [0.2, 0.25) is 0 Å². The molecule has 0 nitrogen and oxygen atoms in total. The number of benzene rings is 3. The van der Waals surface area contributed by atoms with E-state index in [0.29, 0.717) is 0 Å². The van der Waals surface area contributed by atoms with Gasteiger partial charge in [0.2, 0.25) is 0 Å². The van der Waals surface area contributed by atoms with Crippen LogP contribution < -0.4 is 0 Å². The van der Waals surface area contributed by atoms with Crippen molar-refractivity contribution in [2.75, 3.05) is 0 Å². The average Bonchev–Trinajstić information content (AvgIpc) is 3.17. The Hall–Kier alpha value is -2.34. The van der Waals surface area contributed by atoms with Crippen LogP contribution in [-0.4, -0.2) is 0 Å². The summed E-state index contributed by atoms with van der Waals surface area (Å²) in [7, 11) is 0. The summed E-state index contributed by atoms with van der Waals surface area (Å²) >= 11 is 0. The molecule has 0 radical (unpaired) electrons. The zero-order valence-corrected chi connectivity index (χ0v) is 23.3. The molecule has 0 atom stereocenters. The van der Waals surface area contributed by atoms with Crippen LogP contribution in [0.4, 0.5) is 0 Å². The predicted octanol–water partition coefficient (Wildman–Crippen LogP) is 11.4. The fourth-order valence-electron chi connectivity index (χ4n) is 6.50. The Labute approximate surface area is 221 Å². The molecule has 0 saturated carbocycles. The van der Waals surface area contributed by atoms with E-state index in [-0.39, 0.29) is 5.41 Å². The fourth-order valence-corrected chi connectivity index (χ4v) is 6.50. The number of rotatable bonds is 15. The van der Waals surface area contributed by atoms with E-state index in [1.165, 1.54) is 118 Å². The second-order valence-electron chi connectivity index (χ2n) is 11.3. The maximum absolute atomic E-state index is 2.56. The van der Waals surface area contributed by atoms with Crippen LogP contribution in [0.5, 0.6) is 0 Å². The Morgan fingerprint density at radius 3 is 1.64 bits per heavy atom. The third-order valence-electron chi connectivity index (χ3n) is 8.54. The lowest BCUT2D eigenvalue weighted by Gasteiger charge is -2.33. The zero-order chi connectivity index (χ0) is 25.2. The fraction of sp³-hybridized carbons (Fsp3) is 0.500. The van der Waals surface area contributed by atoms with Crippen molar-refractivity contribution in [1.29, 1.82) is 0 Å². The van der Waals surface area contributed by atoms with E-state index in [1.54, 1.807) is 11.1 Å². The Bertz CT molecular complexity index is 1060. The van der Waals surface area contributed by atoms with E-state index in [1.807, 2.05) is 0 Å². The van der Waals surface area contributed by atoms with Gasteiger partial charge in [0.15, 0.2) is 0 Å². The largest absolute Gasteiger partial charge is 0.0654 e. The molecule has 0 aromatic heterocycles. The van der Waals surface area contributed by atoms with Gasteiger partial charge < -0.3 is 0 Å². The Kier molecular flexibility index (Phi) is 9.85. The van der Waals surface area contributed by atoms with Gasteiger partial charge in [-0.2, -0.15) is 0 Å². The molecule has 0 amide bonds. The van der Waals surface area contributed by atoms with Gasteiger partial charge in [0, 0.05) is 5.41 Å². The highest BCUT2D eigenvalue weighted by Crippen LogP contribution is 2.55. The van der Waals surface area contributed by atoms with Crippen molar-refractivity contribution in [2.24, 2.45) is 0 Å². The molecule has 36 heavy (non-hydrogen) atoms. The van der Waals surface area contributed by atoms with Crippen LogP contribution in [-0.2, 0) is 5.41 Å². The summed E-state index contributed by atoms with van der Waals surface area (Å²) in [6, 6.07) is 25.6. The van der Waals surface area contributed by atoms with Gasteiger partial charge in [0.25, 0.3) is 0 Å². The van der Waals surface area contributed by atoms with E-state index in [4.69, 9.17) is 0 Å². The van der Waals surface area contributed by atoms with Gasteiger partial charge >= 0.3 is 0 Å². The molecule has 0 heterocycles. The van der Waals surface area contributed by atoms with Crippen molar-refractivity contribution >= 4 is 0 Å². The first-order valence-electron chi connectivity index (χ1n) is 15.0. The lowest BCUT2D eigenvalue weighted by atomic mass is 9.70. The molecule has 0 N–H and O–H groups in total. The monoisotopic (exact) mass is 480 g/mol. The minimum atomic E-state index is 0.164. The van der Waals surface area contributed by atoms with Gasteiger partial charge in [-0.3, -0.25) is 0 Å². The van der Waals surface area contributed by atoms with E-state index >= 15 is 0 Å². The number of unbranched alkanes of at least 4 members (excludes halogenated alkanes) is 10. The normalized spacial score (nSPS) is 13.5. The number of hydrogen-bond donors (Lipinski definition) is 0. The predicted molar refractivity (Wildman–Crippen MR) is 159 cm³/mol. The highest BCUT2D eigenvalue weighted by Gasteiger charge is 2.42. The Morgan fingerprint density at radius 2 is 1.03 bits per heavy atom. The van der Waals surface area contributed by atoms with E-state index in [2.05, 4.69) is 87.5 Å². The van der Waals surface area contributed by atoms with Crippen molar-refractivity contribution in [3.8, 4) is 22.3 Å². The van der Waals surface area contributed by atoms with Crippen LogP contribution in [0.25, 0.3) is 22.3 Å². The average molecular weight is 481 g/mol. The first-order valence-corrected chi connectivity index (χ1v) is 15.0. The molecule has 0 spiro atoms. The lowest BCUT2D eigenvalue weighted by molar-refractivity contribution is 0.398. The van der Waals surface area contributed by atoms with Crippen molar-refractivity contribution in [2.45, 2.75) is 116 Å². The quantitative estimate of drug-likeness (QED) is 0.190. The van der Waals surface area contributed by atoms with E-state index in [0.717, 1.165) is 0 Å². The molecule has 0 fully saturated rings. The molecule has 192 valence electrons. The molecule has 3 aromatic rings. The van der Waals surface area contributed by atoms with Crippen molar-refractivity contribution in [3.63, 3.8) is 0 Å². The third kappa shape index (κ3) is 6.13. The van der Waals surface area contributed by atoms with Crippen LogP contribution in [0.15, 0.2) is 66.7 Å². The van der Waals surface area contributed by atoms with Crippen molar-refractivity contribution < 1.29 is 0 Å². The minimum absolute atomic E-state index is 0.164. The maximum Gasteiger partial charge on any atom is 0.0215 e.